The Kier molecular flexibility index (Phi) is 3.53. The molecule has 0 N–H and O–H groups in total. The van der Waals surface area contributed by atoms with Crippen molar-refractivity contribution in [1.29, 1.82) is 5.26 Å². The van der Waals surface area contributed by atoms with Crippen LogP contribution < -0.4 is 0 Å². The van der Waals surface area contributed by atoms with E-state index in [1.54, 1.807) is 0 Å². The normalized spacial score (nSPS) is 29.1. The molecule has 2 aliphatic rings. The minimum atomic E-state index is -0.480. The Morgan fingerprint density at radius 2 is 2.12 bits per heavy atom. The molecule has 0 aromatic heterocycles. The van der Waals surface area contributed by atoms with Crippen LogP contribution in [0.5, 0.6) is 0 Å². The van der Waals surface area contributed by atoms with E-state index in [1.807, 2.05) is 4.90 Å². The van der Waals surface area contributed by atoms with Gasteiger partial charge in [0, 0.05) is 18.3 Å². The van der Waals surface area contributed by atoms with Gasteiger partial charge in [0.05, 0.1) is 6.07 Å². The highest BCUT2D eigenvalue weighted by Gasteiger charge is 2.45. The molecule has 3 nitrogen and oxygen atoms in total. The fourth-order valence-corrected chi connectivity index (χ4v) is 3.31. The Morgan fingerprint density at radius 1 is 1.44 bits per heavy atom. The maximum Gasteiger partial charge on any atom is 0.224 e. The summed E-state index contributed by atoms with van der Waals surface area (Å²) in [6, 6.07) is 2.42. The molecule has 1 saturated heterocycles. The van der Waals surface area contributed by atoms with Gasteiger partial charge in [0.1, 0.15) is 5.54 Å². The number of likely N-dealkylation sites (tertiary alicyclic amines) is 1. The molecule has 1 heterocycles. The van der Waals surface area contributed by atoms with Crippen LogP contribution in [0.15, 0.2) is 0 Å². The average Bonchev–Trinajstić information content (AvgIpc) is 2.72. The highest BCUT2D eigenvalue weighted by molar-refractivity contribution is 9.09. The third-order valence-electron chi connectivity index (χ3n) is 3.83. The van der Waals surface area contributed by atoms with Crippen molar-refractivity contribution in [2.75, 3.05) is 11.9 Å². The van der Waals surface area contributed by atoms with Crippen molar-refractivity contribution < 1.29 is 4.79 Å². The van der Waals surface area contributed by atoms with E-state index in [4.69, 9.17) is 0 Å². The summed E-state index contributed by atoms with van der Waals surface area (Å²) in [4.78, 5) is 13.8. The summed E-state index contributed by atoms with van der Waals surface area (Å²) in [6.07, 6.45) is 5.70. The van der Waals surface area contributed by atoms with Gasteiger partial charge in [-0.15, -0.1) is 0 Å². The SMILES string of the molecule is N#CC1(N2CC(CBr)CC2=O)CCCCC1. The van der Waals surface area contributed by atoms with Gasteiger partial charge in [0.25, 0.3) is 0 Å². The van der Waals surface area contributed by atoms with E-state index in [-0.39, 0.29) is 5.91 Å². The molecule has 1 atom stereocenters. The van der Waals surface area contributed by atoms with E-state index in [0.717, 1.165) is 37.6 Å². The molecule has 2 rings (SSSR count). The van der Waals surface area contributed by atoms with Gasteiger partial charge in [0.2, 0.25) is 5.91 Å². The first-order chi connectivity index (χ1) is 7.72. The van der Waals surface area contributed by atoms with Crippen LogP contribution in [0.25, 0.3) is 0 Å². The number of hydrogen-bond donors (Lipinski definition) is 0. The smallest absolute Gasteiger partial charge is 0.224 e. The summed E-state index contributed by atoms with van der Waals surface area (Å²) in [5.74, 6) is 0.563. The van der Waals surface area contributed by atoms with Gasteiger partial charge in [-0.1, -0.05) is 35.2 Å². The second-order valence-electron chi connectivity index (χ2n) is 4.93. The lowest BCUT2D eigenvalue weighted by Crippen LogP contribution is -2.49. The average molecular weight is 285 g/mol. The van der Waals surface area contributed by atoms with Crippen LogP contribution in [0.1, 0.15) is 38.5 Å². The Balaban J connectivity index is 2.16. The van der Waals surface area contributed by atoms with Crippen molar-refractivity contribution in [3.63, 3.8) is 0 Å². The van der Waals surface area contributed by atoms with E-state index >= 15 is 0 Å². The van der Waals surface area contributed by atoms with Crippen molar-refractivity contribution in [3.8, 4) is 6.07 Å². The number of nitriles is 1. The molecular formula is C12H17BrN2O. The molecule has 88 valence electrons. The number of halogens is 1. The standard InChI is InChI=1S/C12H17BrN2O/c13-7-10-6-11(16)15(8-10)12(9-14)4-2-1-3-5-12/h10H,1-8H2. The van der Waals surface area contributed by atoms with Crippen molar-refractivity contribution in [1.82, 2.24) is 4.90 Å². The van der Waals surface area contributed by atoms with Gasteiger partial charge in [-0.2, -0.15) is 5.26 Å². The first-order valence-electron chi connectivity index (χ1n) is 5.99. The molecule has 1 saturated carbocycles. The fourth-order valence-electron chi connectivity index (χ4n) is 2.88. The van der Waals surface area contributed by atoms with Crippen LogP contribution >= 0.6 is 15.9 Å². The van der Waals surface area contributed by atoms with Crippen LogP contribution in [0.4, 0.5) is 0 Å². The Labute approximate surface area is 105 Å². The molecule has 0 aromatic carbocycles. The van der Waals surface area contributed by atoms with Gasteiger partial charge in [-0.3, -0.25) is 4.79 Å². The van der Waals surface area contributed by atoms with E-state index in [9.17, 15) is 10.1 Å². The van der Waals surface area contributed by atoms with Gasteiger partial charge >= 0.3 is 0 Å². The third kappa shape index (κ3) is 1.98. The number of amides is 1. The second kappa shape index (κ2) is 4.75. The van der Waals surface area contributed by atoms with Gasteiger partial charge < -0.3 is 4.90 Å². The van der Waals surface area contributed by atoms with Gasteiger partial charge in [0.15, 0.2) is 0 Å². The zero-order valence-corrected chi connectivity index (χ0v) is 11.0. The summed E-state index contributed by atoms with van der Waals surface area (Å²) < 4.78 is 0. The van der Waals surface area contributed by atoms with Crippen molar-refractivity contribution in [3.05, 3.63) is 0 Å². The highest BCUT2D eigenvalue weighted by atomic mass is 79.9. The highest BCUT2D eigenvalue weighted by Crippen LogP contribution is 2.37. The predicted octanol–water partition coefficient (Wildman–Crippen LogP) is 2.46. The first kappa shape index (κ1) is 11.9. The molecule has 2 fully saturated rings. The van der Waals surface area contributed by atoms with Crippen molar-refractivity contribution >= 4 is 21.8 Å². The Bertz CT molecular complexity index is 317. The molecule has 0 aromatic rings. The largest absolute Gasteiger partial charge is 0.324 e. The topological polar surface area (TPSA) is 44.1 Å². The number of alkyl halides is 1. The summed E-state index contributed by atoms with van der Waals surface area (Å²) in [5, 5.41) is 10.3. The van der Waals surface area contributed by atoms with Crippen LogP contribution in [0.2, 0.25) is 0 Å². The summed E-state index contributed by atoms with van der Waals surface area (Å²) in [7, 11) is 0. The molecule has 1 unspecified atom stereocenters. The first-order valence-corrected chi connectivity index (χ1v) is 7.12. The predicted molar refractivity (Wildman–Crippen MR) is 65.0 cm³/mol. The molecule has 4 heteroatoms. The minimum absolute atomic E-state index is 0.174. The summed E-state index contributed by atoms with van der Waals surface area (Å²) >= 11 is 3.43. The molecule has 1 amide bonds. The lowest BCUT2D eigenvalue weighted by Gasteiger charge is -2.39. The molecular weight excluding hydrogens is 268 g/mol. The number of hydrogen-bond acceptors (Lipinski definition) is 2. The van der Waals surface area contributed by atoms with Crippen molar-refractivity contribution in [2.45, 2.75) is 44.1 Å². The molecule has 0 spiro atoms. The number of carbonyl (C=O) groups is 1. The molecule has 16 heavy (non-hydrogen) atoms. The maximum atomic E-state index is 12.0. The molecule has 0 bridgehead atoms. The maximum absolute atomic E-state index is 12.0. The quantitative estimate of drug-likeness (QED) is 0.731. The summed E-state index contributed by atoms with van der Waals surface area (Å²) in [5.41, 5.74) is -0.480. The van der Waals surface area contributed by atoms with Crippen LogP contribution in [-0.2, 0) is 4.79 Å². The summed E-state index contributed by atoms with van der Waals surface area (Å²) in [6.45, 7) is 0.762. The van der Waals surface area contributed by atoms with Gasteiger partial charge in [-0.05, 0) is 18.8 Å². The van der Waals surface area contributed by atoms with E-state index in [0.29, 0.717) is 12.3 Å². The van der Waals surface area contributed by atoms with Gasteiger partial charge in [-0.25, -0.2) is 0 Å². The third-order valence-corrected chi connectivity index (χ3v) is 4.74. The zero-order valence-electron chi connectivity index (χ0n) is 9.41. The molecule has 0 radical (unpaired) electrons. The molecule has 1 aliphatic heterocycles. The zero-order chi connectivity index (χ0) is 11.6. The van der Waals surface area contributed by atoms with E-state index in [2.05, 4.69) is 22.0 Å². The van der Waals surface area contributed by atoms with E-state index in [1.165, 1.54) is 6.42 Å². The fraction of sp³-hybridized carbons (Fsp3) is 0.833. The van der Waals surface area contributed by atoms with Crippen molar-refractivity contribution in [2.24, 2.45) is 5.92 Å². The lowest BCUT2D eigenvalue weighted by molar-refractivity contribution is -0.132. The van der Waals surface area contributed by atoms with Crippen LogP contribution in [-0.4, -0.2) is 28.2 Å². The second-order valence-corrected chi connectivity index (χ2v) is 5.58. The van der Waals surface area contributed by atoms with E-state index < -0.39 is 5.54 Å². The minimum Gasteiger partial charge on any atom is -0.324 e. The monoisotopic (exact) mass is 284 g/mol. The number of carbonyl (C=O) groups excluding carboxylic acids is 1. The van der Waals surface area contributed by atoms with Crippen LogP contribution in [0.3, 0.4) is 0 Å². The lowest BCUT2D eigenvalue weighted by atomic mass is 9.81. The number of nitrogens with zero attached hydrogens (tertiary/aromatic N) is 2. The Hall–Kier alpha value is -0.560. The number of rotatable bonds is 2. The van der Waals surface area contributed by atoms with Crippen LogP contribution in [0, 0.1) is 17.2 Å². The Morgan fingerprint density at radius 3 is 2.62 bits per heavy atom. The molecule has 1 aliphatic carbocycles.